The third kappa shape index (κ3) is 3.55. The number of methoxy groups -OCH3 is 1. The average molecular weight is 449 g/mol. The fraction of sp³-hybridized carbons (Fsp3) is 0.407. The smallest absolute Gasteiger partial charge is 0.252 e. The molecular formula is C27H29ClN2O2. The van der Waals surface area contributed by atoms with Crippen molar-refractivity contribution in [3.8, 4) is 5.75 Å². The van der Waals surface area contributed by atoms with E-state index in [2.05, 4.69) is 56.4 Å². The first-order valence-corrected chi connectivity index (χ1v) is 11.8. The molecule has 2 heterocycles. The van der Waals surface area contributed by atoms with Crippen LogP contribution in [0.5, 0.6) is 5.75 Å². The Morgan fingerprint density at radius 3 is 2.75 bits per heavy atom. The molecule has 32 heavy (non-hydrogen) atoms. The highest BCUT2D eigenvalue weighted by molar-refractivity contribution is 6.22. The number of alkyl halides is 1. The van der Waals surface area contributed by atoms with Gasteiger partial charge in [-0.2, -0.15) is 0 Å². The lowest BCUT2D eigenvalue weighted by atomic mass is 9.74. The second-order valence-corrected chi connectivity index (χ2v) is 9.75. The van der Waals surface area contributed by atoms with Gasteiger partial charge < -0.3 is 9.64 Å². The molecule has 0 radical (unpaired) electrons. The molecule has 0 saturated heterocycles. The van der Waals surface area contributed by atoms with E-state index in [1.54, 1.807) is 7.11 Å². The van der Waals surface area contributed by atoms with E-state index in [9.17, 15) is 4.79 Å². The van der Waals surface area contributed by atoms with Crippen molar-refractivity contribution in [2.75, 3.05) is 7.11 Å². The topological polar surface area (TPSA) is 41.9 Å². The summed E-state index contributed by atoms with van der Waals surface area (Å²) in [5.41, 5.74) is 5.84. The summed E-state index contributed by atoms with van der Waals surface area (Å²) < 4.78 is 5.28. The summed E-state index contributed by atoms with van der Waals surface area (Å²) in [6.07, 6.45) is 12.8. The molecule has 0 spiro atoms. The van der Waals surface area contributed by atoms with Gasteiger partial charge in [0.25, 0.3) is 5.91 Å². The summed E-state index contributed by atoms with van der Waals surface area (Å²) in [5.74, 6) is 1.26. The standard InChI is InChI=1S/C27H29ClN2O2/c1-16-6-4-5-7-23(16)30-24-15-19(28)10-13-21(24)25-17(2)22(29-26(25)27(30)31)14-18-8-11-20(32-3)12-9-18/h4-6,8-13,17,19,23,25-26H,7,14-15H2,1-3H3. The zero-order valence-corrected chi connectivity index (χ0v) is 19.5. The fourth-order valence-corrected chi connectivity index (χ4v) is 5.75. The third-order valence-corrected chi connectivity index (χ3v) is 7.59. The van der Waals surface area contributed by atoms with Crippen LogP contribution in [0.4, 0.5) is 0 Å². The van der Waals surface area contributed by atoms with Crippen LogP contribution in [-0.4, -0.2) is 41.1 Å². The van der Waals surface area contributed by atoms with Crippen molar-refractivity contribution in [1.82, 2.24) is 4.90 Å². The van der Waals surface area contributed by atoms with Crippen molar-refractivity contribution in [2.45, 2.75) is 50.6 Å². The zero-order chi connectivity index (χ0) is 22.4. The van der Waals surface area contributed by atoms with Crippen LogP contribution >= 0.6 is 11.6 Å². The minimum absolute atomic E-state index is 0.0463. The maximum Gasteiger partial charge on any atom is 0.252 e. The van der Waals surface area contributed by atoms with Crippen LogP contribution < -0.4 is 4.74 Å². The van der Waals surface area contributed by atoms with E-state index in [1.165, 1.54) is 16.7 Å². The Labute approximate surface area is 195 Å². The highest BCUT2D eigenvalue weighted by Crippen LogP contribution is 2.46. The van der Waals surface area contributed by atoms with Crippen molar-refractivity contribution in [3.63, 3.8) is 0 Å². The van der Waals surface area contributed by atoms with E-state index in [0.29, 0.717) is 6.42 Å². The number of aliphatic imine (C=N–C) groups is 1. The maximum absolute atomic E-state index is 13.9. The Morgan fingerprint density at radius 2 is 2.03 bits per heavy atom. The summed E-state index contributed by atoms with van der Waals surface area (Å²) >= 11 is 6.54. The first kappa shape index (κ1) is 21.3. The molecule has 0 N–H and O–H groups in total. The fourth-order valence-electron chi connectivity index (χ4n) is 5.53. The molecule has 1 aromatic carbocycles. The second kappa shape index (κ2) is 8.40. The van der Waals surface area contributed by atoms with Gasteiger partial charge in [-0.1, -0.05) is 55.0 Å². The molecule has 0 bridgehead atoms. The predicted octanol–water partition coefficient (Wildman–Crippen LogP) is 5.25. The van der Waals surface area contributed by atoms with Gasteiger partial charge in [0.1, 0.15) is 11.8 Å². The molecule has 4 aliphatic rings. The molecule has 2 aliphatic heterocycles. The summed E-state index contributed by atoms with van der Waals surface area (Å²) in [4.78, 5) is 21.0. The summed E-state index contributed by atoms with van der Waals surface area (Å²) in [7, 11) is 1.67. The van der Waals surface area contributed by atoms with Crippen molar-refractivity contribution in [3.05, 3.63) is 77.1 Å². The van der Waals surface area contributed by atoms with Crippen molar-refractivity contribution < 1.29 is 9.53 Å². The monoisotopic (exact) mass is 448 g/mol. The van der Waals surface area contributed by atoms with Crippen LogP contribution in [0, 0.1) is 11.8 Å². The molecule has 1 amide bonds. The molecular weight excluding hydrogens is 420 g/mol. The van der Waals surface area contributed by atoms with Gasteiger partial charge in [0, 0.05) is 36.1 Å². The van der Waals surface area contributed by atoms with E-state index in [0.717, 1.165) is 30.0 Å². The van der Waals surface area contributed by atoms with E-state index >= 15 is 0 Å². The minimum Gasteiger partial charge on any atom is -0.497 e. The third-order valence-electron chi connectivity index (χ3n) is 7.29. The van der Waals surface area contributed by atoms with Gasteiger partial charge in [0.2, 0.25) is 0 Å². The molecule has 166 valence electrons. The lowest BCUT2D eigenvalue weighted by Gasteiger charge is -2.44. The lowest BCUT2D eigenvalue weighted by molar-refractivity contribution is -0.134. The van der Waals surface area contributed by atoms with Gasteiger partial charge in [-0.15, -0.1) is 11.6 Å². The summed E-state index contributed by atoms with van der Waals surface area (Å²) in [5, 5.41) is -0.0829. The molecule has 5 rings (SSSR count). The zero-order valence-electron chi connectivity index (χ0n) is 18.8. The van der Waals surface area contributed by atoms with Crippen molar-refractivity contribution in [1.29, 1.82) is 0 Å². The molecule has 2 aliphatic carbocycles. The lowest BCUT2D eigenvalue weighted by Crippen LogP contribution is -2.52. The predicted molar refractivity (Wildman–Crippen MR) is 129 cm³/mol. The van der Waals surface area contributed by atoms with Crippen LogP contribution in [0.15, 0.2) is 76.5 Å². The Balaban J connectivity index is 1.51. The largest absolute Gasteiger partial charge is 0.497 e. The first-order valence-electron chi connectivity index (χ1n) is 11.4. The molecule has 5 unspecified atom stereocenters. The number of carbonyl (C=O) groups excluding carboxylic acids is 1. The van der Waals surface area contributed by atoms with Crippen molar-refractivity contribution in [2.24, 2.45) is 16.8 Å². The molecule has 5 atom stereocenters. The van der Waals surface area contributed by atoms with Crippen LogP contribution in [0.3, 0.4) is 0 Å². The number of hydrogen-bond acceptors (Lipinski definition) is 3. The minimum atomic E-state index is -0.354. The van der Waals surface area contributed by atoms with Gasteiger partial charge in [0.15, 0.2) is 0 Å². The number of fused-ring (bicyclic) bond motifs is 2. The van der Waals surface area contributed by atoms with E-state index in [-0.39, 0.29) is 35.2 Å². The molecule has 0 fully saturated rings. The van der Waals surface area contributed by atoms with Gasteiger partial charge in [-0.3, -0.25) is 9.79 Å². The van der Waals surface area contributed by atoms with Gasteiger partial charge >= 0.3 is 0 Å². The quantitative estimate of drug-likeness (QED) is 0.590. The number of nitrogens with zero attached hydrogens (tertiary/aromatic N) is 2. The Kier molecular flexibility index (Phi) is 5.58. The van der Waals surface area contributed by atoms with Crippen LogP contribution in [0.25, 0.3) is 0 Å². The number of allylic oxidation sites excluding steroid dienone is 5. The van der Waals surface area contributed by atoms with Crippen molar-refractivity contribution >= 4 is 23.2 Å². The number of benzene rings is 1. The highest BCUT2D eigenvalue weighted by Gasteiger charge is 2.50. The molecule has 1 aromatic rings. The molecule has 0 aromatic heterocycles. The maximum atomic E-state index is 13.9. The molecule has 0 saturated carbocycles. The van der Waals surface area contributed by atoms with Crippen LogP contribution in [-0.2, 0) is 11.2 Å². The van der Waals surface area contributed by atoms with E-state index in [1.807, 2.05) is 17.0 Å². The van der Waals surface area contributed by atoms with Crippen LogP contribution in [0.1, 0.15) is 32.3 Å². The van der Waals surface area contributed by atoms with E-state index < -0.39 is 0 Å². The normalized spacial score (nSPS) is 31.3. The number of ether oxygens (including phenoxy) is 1. The highest BCUT2D eigenvalue weighted by atomic mass is 35.5. The van der Waals surface area contributed by atoms with Crippen LogP contribution in [0.2, 0.25) is 0 Å². The molecule has 5 heteroatoms. The Bertz CT molecular complexity index is 1080. The number of halogens is 1. The van der Waals surface area contributed by atoms with Gasteiger partial charge in [-0.05, 0) is 36.6 Å². The van der Waals surface area contributed by atoms with Gasteiger partial charge in [-0.25, -0.2) is 0 Å². The Morgan fingerprint density at radius 1 is 1.25 bits per heavy atom. The summed E-state index contributed by atoms with van der Waals surface area (Å²) in [6, 6.07) is 7.81. The Hall–Kier alpha value is -2.59. The number of amides is 1. The number of rotatable bonds is 4. The molecule has 4 nitrogen and oxygen atoms in total. The second-order valence-electron chi connectivity index (χ2n) is 9.18. The first-order chi connectivity index (χ1) is 15.5. The van der Waals surface area contributed by atoms with E-state index in [4.69, 9.17) is 21.3 Å². The number of hydrogen-bond donors (Lipinski definition) is 0. The average Bonchev–Trinajstić information content (AvgIpc) is 3.12. The number of carbonyl (C=O) groups is 1. The summed E-state index contributed by atoms with van der Waals surface area (Å²) in [6.45, 7) is 4.33. The van der Waals surface area contributed by atoms with Gasteiger partial charge in [0.05, 0.1) is 18.5 Å². The SMILES string of the molecule is COc1ccc(CC2=NC3C(=O)N(C4CC=CC=C4C)C4=C(C=CC(Cl)C4)C3C2C)cc1.